The van der Waals surface area contributed by atoms with Gasteiger partial charge >= 0.3 is 0 Å². The summed E-state index contributed by atoms with van der Waals surface area (Å²) in [6.07, 6.45) is 6.88. The van der Waals surface area contributed by atoms with Crippen LogP contribution in [0.15, 0.2) is 103 Å². The lowest BCUT2D eigenvalue weighted by Gasteiger charge is -2.12. The first-order chi connectivity index (χ1) is 16.0. The maximum atomic E-state index is 13.2. The number of hydrogen-bond acceptors (Lipinski definition) is 6. The molecule has 1 amide bonds. The van der Waals surface area contributed by atoms with Crippen molar-refractivity contribution in [2.75, 3.05) is 0 Å². The summed E-state index contributed by atoms with van der Waals surface area (Å²) in [4.78, 5) is 15.2. The molecule has 166 valence electrons. The second kappa shape index (κ2) is 10.5. The average Bonchev–Trinajstić information content (AvgIpc) is 3.41. The zero-order valence-corrected chi connectivity index (χ0v) is 20.1. The van der Waals surface area contributed by atoms with Crippen molar-refractivity contribution in [3.05, 3.63) is 105 Å². The quantitative estimate of drug-likeness (QED) is 0.238. The predicted octanol–water partition coefficient (Wildman–Crippen LogP) is 6.20. The number of allylic oxidation sites excluding steroid dienone is 2. The van der Waals surface area contributed by atoms with E-state index in [1.807, 2.05) is 49.4 Å². The molecule has 4 rings (SSSR count). The van der Waals surface area contributed by atoms with Crippen LogP contribution in [0.3, 0.4) is 0 Å². The highest BCUT2D eigenvalue weighted by Crippen LogP contribution is 2.33. The van der Waals surface area contributed by atoms with Crippen molar-refractivity contribution in [3.8, 4) is 5.75 Å². The van der Waals surface area contributed by atoms with Crippen LogP contribution in [0.25, 0.3) is 6.08 Å². The van der Waals surface area contributed by atoms with Crippen molar-refractivity contribution in [1.29, 1.82) is 0 Å². The minimum Gasteiger partial charge on any atom is -0.507 e. The molecule has 0 unspecified atom stereocenters. The fraction of sp³-hybridized carbons (Fsp3) is 0.0800. The van der Waals surface area contributed by atoms with Crippen molar-refractivity contribution in [3.63, 3.8) is 0 Å². The monoisotopic (exact) mass is 521 g/mol. The molecule has 33 heavy (non-hydrogen) atoms. The van der Waals surface area contributed by atoms with Gasteiger partial charge in [-0.1, -0.05) is 52.3 Å². The van der Waals surface area contributed by atoms with Crippen molar-refractivity contribution in [1.82, 2.24) is 4.90 Å². The number of nitrogens with zero attached hydrogens (tertiary/aromatic N) is 3. The molecule has 2 heterocycles. The largest absolute Gasteiger partial charge is 0.507 e. The normalized spacial score (nSPS) is 17.1. The van der Waals surface area contributed by atoms with Crippen molar-refractivity contribution in [2.24, 2.45) is 10.2 Å². The van der Waals surface area contributed by atoms with Crippen molar-refractivity contribution >= 4 is 51.1 Å². The lowest BCUT2D eigenvalue weighted by Crippen LogP contribution is -2.28. The summed E-state index contributed by atoms with van der Waals surface area (Å²) < 4.78 is 6.23. The van der Waals surface area contributed by atoms with Gasteiger partial charge in [0.1, 0.15) is 11.5 Å². The van der Waals surface area contributed by atoms with Crippen LogP contribution in [0, 0.1) is 0 Å². The van der Waals surface area contributed by atoms with Gasteiger partial charge in [-0.15, -0.1) is 5.10 Å². The maximum absolute atomic E-state index is 13.2. The molecule has 2 aromatic carbocycles. The Morgan fingerprint density at radius 1 is 1.18 bits per heavy atom. The van der Waals surface area contributed by atoms with Gasteiger partial charge < -0.3 is 9.52 Å². The van der Waals surface area contributed by atoms with Gasteiger partial charge in [0.15, 0.2) is 5.17 Å². The van der Waals surface area contributed by atoms with Crippen LogP contribution in [-0.4, -0.2) is 27.3 Å². The molecule has 0 aliphatic carbocycles. The Kier molecular flexibility index (Phi) is 7.26. The summed E-state index contributed by atoms with van der Waals surface area (Å²) in [6, 6.07) is 18.5. The lowest BCUT2D eigenvalue weighted by molar-refractivity contribution is -0.122. The zero-order valence-electron chi connectivity index (χ0n) is 17.7. The van der Waals surface area contributed by atoms with E-state index in [-0.39, 0.29) is 18.2 Å². The van der Waals surface area contributed by atoms with Crippen LogP contribution < -0.4 is 0 Å². The lowest BCUT2D eigenvalue weighted by atomic mass is 10.1. The smallest absolute Gasteiger partial charge is 0.267 e. The molecule has 1 aromatic heterocycles. The molecule has 1 aliphatic rings. The summed E-state index contributed by atoms with van der Waals surface area (Å²) in [5.41, 5.74) is 2.51. The van der Waals surface area contributed by atoms with Gasteiger partial charge in [-0.3, -0.25) is 9.69 Å². The predicted molar refractivity (Wildman–Crippen MR) is 136 cm³/mol. The molecule has 0 bridgehead atoms. The minimum atomic E-state index is -0.170. The van der Waals surface area contributed by atoms with Gasteiger partial charge in [-0.2, -0.15) is 5.10 Å². The van der Waals surface area contributed by atoms with E-state index in [0.717, 1.165) is 15.6 Å². The van der Waals surface area contributed by atoms with Crippen LogP contribution in [0.4, 0.5) is 0 Å². The minimum absolute atomic E-state index is 0.0898. The average molecular weight is 522 g/mol. The van der Waals surface area contributed by atoms with Crippen molar-refractivity contribution in [2.45, 2.75) is 13.5 Å². The van der Waals surface area contributed by atoms with Gasteiger partial charge in [-0.05, 0) is 66.2 Å². The Morgan fingerprint density at radius 2 is 2.00 bits per heavy atom. The fourth-order valence-corrected chi connectivity index (χ4v) is 4.47. The Hall–Kier alpha value is -3.36. The van der Waals surface area contributed by atoms with E-state index >= 15 is 0 Å². The van der Waals surface area contributed by atoms with E-state index in [9.17, 15) is 9.90 Å². The molecule has 6 nitrogen and oxygen atoms in total. The number of carbonyl (C=O) groups excluding carboxylic acids is 1. The third-order valence-corrected chi connectivity index (χ3v) is 6.15. The number of phenols is 1. The Morgan fingerprint density at radius 3 is 2.76 bits per heavy atom. The van der Waals surface area contributed by atoms with Crippen LogP contribution in [0.5, 0.6) is 5.75 Å². The van der Waals surface area contributed by atoms with E-state index in [1.54, 1.807) is 36.6 Å². The van der Waals surface area contributed by atoms with Gasteiger partial charge in [0.2, 0.25) is 0 Å². The summed E-state index contributed by atoms with van der Waals surface area (Å²) in [7, 11) is 0. The van der Waals surface area contributed by atoms with Crippen LogP contribution in [-0.2, 0) is 11.3 Å². The number of rotatable bonds is 6. The molecule has 1 N–H and O–H groups in total. The highest BCUT2D eigenvalue weighted by Gasteiger charge is 2.34. The molecule has 0 radical (unpaired) electrons. The van der Waals surface area contributed by atoms with Crippen LogP contribution in [0.2, 0.25) is 0 Å². The standard InChI is InChI=1S/C25H20BrN3O3S/c1-17(12-18-6-3-2-4-7-18)13-23-24(31)29(16-21-8-5-11-32-21)25(33-23)28-27-15-19-14-20(26)9-10-22(19)30/h2-15,30H,16H2,1H3/b17-12+,23-13-,27-15+,28-25-. The fourth-order valence-electron chi connectivity index (χ4n) is 3.11. The number of halogens is 1. The number of furan rings is 1. The number of phenolic OH excluding ortho intramolecular Hbond substituents is 1. The van der Waals surface area contributed by atoms with E-state index in [2.05, 4.69) is 26.1 Å². The maximum Gasteiger partial charge on any atom is 0.267 e. The van der Waals surface area contributed by atoms with E-state index in [1.165, 1.54) is 22.9 Å². The van der Waals surface area contributed by atoms with E-state index < -0.39 is 0 Å². The second-order valence-electron chi connectivity index (χ2n) is 7.21. The van der Waals surface area contributed by atoms with Crippen molar-refractivity contribution < 1.29 is 14.3 Å². The summed E-state index contributed by atoms with van der Waals surface area (Å²) in [5, 5.41) is 18.8. The van der Waals surface area contributed by atoms with Crippen LogP contribution in [0.1, 0.15) is 23.8 Å². The highest BCUT2D eigenvalue weighted by atomic mass is 79.9. The topological polar surface area (TPSA) is 78.4 Å². The van der Waals surface area contributed by atoms with Gasteiger partial charge in [0.05, 0.1) is 23.9 Å². The molecule has 8 heteroatoms. The number of amides is 1. The summed E-state index contributed by atoms with van der Waals surface area (Å²) in [5.74, 6) is 0.562. The van der Waals surface area contributed by atoms with E-state index in [4.69, 9.17) is 4.42 Å². The number of aromatic hydroxyl groups is 1. The molecule has 1 fully saturated rings. The number of carbonyl (C=O) groups is 1. The van der Waals surface area contributed by atoms with E-state index in [0.29, 0.717) is 21.4 Å². The molecule has 0 spiro atoms. The van der Waals surface area contributed by atoms with Gasteiger partial charge in [-0.25, -0.2) is 0 Å². The van der Waals surface area contributed by atoms with Gasteiger partial charge in [0, 0.05) is 10.0 Å². The second-order valence-corrected chi connectivity index (χ2v) is 9.14. The summed E-state index contributed by atoms with van der Waals surface area (Å²) >= 11 is 4.62. The first-order valence-corrected chi connectivity index (χ1v) is 11.7. The SMILES string of the molecule is CC(/C=C1\S/C(=N\N=C\c2cc(Br)ccc2O)N(Cc2ccco2)C1=O)=C\c1ccccc1. The Balaban J connectivity index is 1.61. The van der Waals surface area contributed by atoms with Gasteiger partial charge in [0.25, 0.3) is 5.91 Å². The number of benzene rings is 2. The third kappa shape index (κ3) is 5.91. The molecule has 0 saturated carbocycles. The molecule has 1 aliphatic heterocycles. The molecular weight excluding hydrogens is 502 g/mol. The Bertz CT molecular complexity index is 1270. The summed E-state index contributed by atoms with van der Waals surface area (Å²) in [6.45, 7) is 2.20. The molecular formula is C25H20BrN3O3S. The number of hydrogen-bond donors (Lipinski definition) is 1. The first-order valence-electron chi connectivity index (χ1n) is 10.1. The zero-order chi connectivity index (χ0) is 23.2. The highest BCUT2D eigenvalue weighted by molar-refractivity contribution is 9.10. The Labute approximate surface area is 204 Å². The molecule has 1 saturated heterocycles. The third-order valence-electron chi connectivity index (χ3n) is 4.66. The molecule has 0 atom stereocenters. The van der Waals surface area contributed by atoms with Crippen LogP contribution >= 0.6 is 27.7 Å². The first kappa shape index (κ1) is 22.8. The number of amidine groups is 1. The molecule has 3 aromatic rings. The number of thioether (sulfide) groups is 1.